The van der Waals surface area contributed by atoms with Crippen LogP contribution >= 0.6 is 15.9 Å². The molecule has 0 aliphatic rings. The molecule has 0 saturated carbocycles. The van der Waals surface area contributed by atoms with Crippen molar-refractivity contribution in [3.63, 3.8) is 0 Å². The summed E-state index contributed by atoms with van der Waals surface area (Å²) in [6.45, 7) is 0.807. The Morgan fingerprint density at radius 3 is 2.79 bits per heavy atom. The molecule has 19 heavy (non-hydrogen) atoms. The minimum Gasteiger partial charge on any atom is -0.489 e. The molecule has 0 aromatic heterocycles. The van der Waals surface area contributed by atoms with E-state index >= 15 is 0 Å². The van der Waals surface area contributed by atoms with Crippen molar-refractivity contribution in [1.29, 1.82) is 0 Å². The third-order valence-corrected chi connectivity index (χ3v) is 3.23. The van der Waals surface area contributed by atoms with Gasteiger partial charge in [0.2, 0.25) is 0 Å². The lowest BCUT2D eigenvalue weighted by atomic mass is 10.1. The van der Waals surface area contributed by atoms with Crippen molar-refractivity contribution in [3.05, 3.63) is 63.9 Å². The van der Waals surface area contributed by atoms with Crippen LogP contribution in [-0.4, -0.2) is 6.54 Å². The number of hydrogen-bond donors (Lipinski definition) is 1. The van der Waals surface area contributed by atoms with Gasteiger partial charge in [0.1, 0.15) is 18.2 Å². The first-order valence-electron chi connectivity index (χ1n) is 6.05. The van der Waals surface area contributed by atoms with Gasteiger partial charge < -0.3 is 10.5 Å². The Labute approximate surface area is 120 Å². The van der Waals surface area contributed by atoms with E-state index in [9.17, 15) is 4.39 Å². The Balaban J connectivity index is 2.05. The molecule has 2 aromatic carbocycles. The van der Waals surface area contributed by atoms with Gasteiger partial charge in [0.25, 0.3) is 0 Å². The van der Waals surface area contributed by atoms with Gasteiger partial charge in [-0.25, -0.2) is 4.39 Å². The van der Waals surface area contributed by atoms with E-state index in [0.29, 0.717) is 12.1 Å². The molecule has 0 fully saturated rings. The molecule has 0 radical (unpaired) electrons. The lowest BCUT2D eigenvalue weighted by Gasteiger charge is -2.09. The Bertz CT molecular complexity index is 560. The summed E-state index contributed by atoms with van der Waals surface area (Å²) in [4.78, 5) is 0. The van der Waals surface area contributed by atoms with Gasteiger partial charge in [0, 0.05) is 10.0 Å². The van der Waals surface area contributed by atoms with E-state index in [1.54, 1.807) is 12.1 Å². The quantitative estimate of drug-likeness (QED) is 0.911. The maximum absolute atomic E-state index is 13.6. The Morgan fingerprint density at radius 2 is 2.00 bits per heavy atom. The first-order valence-corrected chi connectivity index (χ1v) is 6.84. The largest absolute Gasteiger partial charge is 0.489 e. The predicted molar refractivity (Wildman–Crippen MR) is 77.6 cm³/mol. The molecule has 4 heteroatoms. The Morgan fingerprint density at radius 1 is 1.16 bits per heavy atom. The van der Waals surface area contributed by atoms with E-state index in [2.05, 4.69) is 15.9 Å². The van der Waals surface area contributed by atoms with Gasteiger partial charge in [-0.2, -0.15) is 0 Å². The van der Waals surface area contributed by atoms with E-state index in [1.807, 2.05) is 24.3 Å². The molecular formula is C15H15BrFNO. The zero-order valence-electron chi connectivity index (χ0n) is 10.4. The number of ether oxygens (including phenoxy) is 1. The molecule has 0 aliphatic heterocycles. The normalized spacial score (nSPS) is 10.5. The molecule has 0 unspecified atom stereocenters. The molecule has 2 N–H and O–H groups in total. The number of rotatable bonds is 5. The lowest BCUT2D eigenvalue weighted by molar-refractivity contribution is 0.299. The lowest BCUT2D eigenvalue weighted by Crippen LogP contribution is -2.03. The van der Waals surface area contributed by atoms with Crippen LogP contribution < -0.4 is 10.5 Å². The second-order valence-corrected chi connectivity index (χ2v) is 5.13. The smallest absolute Gasteiger partial charge is 0.129 e. The molecule has 100 valence electrons. The number of nitrogens with two attached hydrogens (primary N) is 1. The summed E-state index contributed by atoms with van der Waals surface area (Å²) in [7, 11) is 0. The molecular weight excluding hydrogens is 309 g/mol. The van der Waals surface area contributed by atoms with Gasteiger partial charge in [0.15, 0.2) is 0 Å². The van der Waals surface area contributed by atoms with Gasteiger partial charge in [-0.15, -0.1) is 0 Å². The monoisotopic (exact) mass is 323 g/mol. The molecule has 0 saturated heterocycles. The summed E-state index contributed by atoms with van der Waals surface area (Å²) in [5.74, 6) is 0.464. The van der Waals surface area contributed by atoms with Gasteiger partial charge in [0.05, 0.1) is 0 Å². The maximum atomic E-state index is 13.6. The van der Waals surface area contributed by atoms with Crippen LogP contribution in [0.1, 0.15) is 11.1 Å². The maximum Gasteiger partial charge on any atom is 0.129 e. The van der Waals surface area contributed by atoms with Gasteiger partial charge in [-0.05, 0) is 48.9 Å². The number of benzene rings is 2. The zero-order valence-corrected chi connectivity index (χ0v) is 12.0. The van der Waals surface area contributed by atoms with Crippen LogP contribution in [0.2, 0.25) is 0 Å². The topological polar surface area (TPSA) is 35.2 Å². The third kappa shape index (κ3) is 4.04. The molecule has 0 amide bonds. The SMILES string of the molecule is NCCc1cccc(OCc2cc(Br)ccc2F)c1. The van der Waals surface area contributed by atoms with Crippen LogP contribution in [0.5, 0.6) is 5.75 Å². The third-order valence-electron chi connectivity index (χ3n) is 2.73. The van der Waals surface area contributed by atoms with Crippen LogP contribution in [0.25, 0.3) is 0 Å². The van der Waals surface area contributed by atoms with Crippen LogP contribution in [0.4, 0.5) is 4.39 Å². The molecule has 0 heterocycles. The van der Waals surface area contributed by atoms with E-state index in [-0.39, 0.29) is 12.4 Å². The second kappa shape index (κ2) is 6.68. The highest BCUT2D eigenvalue weighted by atomic mass is 79.9. The van der Waals surface area contributed by atoms with Crippen molar-refractivity contribution in [2.24, 2.45) is 5.73 Å². The molecule has 2 aromatic rings. The van der Waals surface area contributed by atoms with Crippen LogP contribution in [0, 0.1) is 5.82 Å². The first kappa shape index (κ1) is 14.0. The fraction of sp³-hybridized carbons (Fsp3) is 0.200. The minimum absolute atomic E-state index is 0.206. The van der Waals surface area contributed by atoms with Crippen molar-refractivity contribution in [1.82, 2.24) is 0 Å². The molecule has 0 bridgehead atoms. The van der Waals surface area contributed by atoms with Gasteiger partial charge >= 0.3 is 0 Å². The van der Waals surface area contributed by atoms with Crippen molar-refractivity contribution in [3.8, 4) is 5.75 Å². The first-order chi connectivity index (χ1) is 9.19. The van der Waals surface area contributed by atoms with Crippen LogP contribution in [0.15, 0.2) is 46.9 Å². The predicted octanol–water partition coefficient (Wildman–Crippen LogP) is 3.67. The van der Waals surface area contributed by atoms with Crippen molar-refractivity contribution in [2.75, 3.05) is 6.54 Å². The Kier molecular flexibility index (Phi) is 4.93. The molecule has 0 atom stereocenters. The fourth-order valence-electron chi connectivity index (χ4n) is 1.77. The highest BCUT2D eigenvalue weighted by Crippen LogP contribution is 2.19. The van der Waals surface area contributed by atoms with Gasteiger partial charge in [-0.3, -0.25) is 0 Å². The average molecular weight is 324 g/mol. The zero-order chi connectivity index (χ0) is 13.7. The molecule has 2 nitrogen and oxygen atoms in total. The van der Waals surface area contributed by atoms with Crippen molar-refractivity contribution < 1.29 is 9.13 Å². The Hall–Kier alpha value is -1.39. The van der Waals surface area contributed by atoms with Gasteiger partial charge in [-0.1, -0.05) is 28.1 Å². The van der Waals surface area contributed by atoms with E-state index in [4.69, 9.17) is 10.5 Å². The van der Waals surface area contributed by atoms with E-state index < -0.39 is 0 Å². The molecule has 0 aliphatic carbocycles. The number of halogens is 2. The average Bonchev–Trinajstić information content (AvgIpc) is 2.41. The highest BCUT2D eigenvalue weighted by molar-refractivity contribution is 9.10. The summed E-state index contributed by atoms with van der Waals surface area (Å²) >= 11 is 3.32. The standard InChI is InChI=1S/C15H15BrFNO/c16-13-4-5-15(17)12(9-13)10-19-14-3-1-2-11(8-14)6-7-18/h1-5,8-9H,6-7,10,18H2. The van der Waals surface area contributed by atoms with Crippen molar-refractivity contribution >= 4 is 15.9 Å². The van der Waals surface area contributed by atoms with Crippen LogP contribution in [0.3, 0.4) is 0 Å². The van der Waals surface area contributed by atoms with Crippen LogP contribution in [-0.2, 0) is 13.0 Å². The van der Waals surface area contributed by atoms with Crippen molar-refractivity contribution in [2.45, 2.75) is 13.0 Å². The molecule has 0 spiro atoms. The number of hydrogen-bond acceptors (Lipinski definition) is 2. The second-order valence-electron chi connectivity index (χ2n) is 4.21. The van der Waals surface area contributed by atoms with E-state index in [0.717, 1.165) is 22.2 Å². The highest BCUT2D eigenvalue weighted by Gasteiger charge is 2.04. The summed E-state index contributed by atoms with van der Waals surface area (Å²) in [5, 5.41) is 0. The fourth-order valence-corrected chi connectivity index (χ4v) is 2.18. The summed E-state index contributed by atoms with van der Waals surface area (Å²) < 4.78 is 20.0. The minimum atomic E-state index is -0.263. The summed E-state index contributed by atoms with van der Waals surface area (Å²) in [6.07, 6.45) is 0.808. The van der Waals surface area contributed by atoms with E-state index in [1.165, 1.54) is 6.07 Å². The summed E-state index contributed by atoms with van der Waals surface area (Å²) in [5.41, 5.74) is 7.16. The molecule has 2 rings (SSSR count). The summed E-state index contributed by atoms with van der Waals surface area (Å²) in [6, 6.07) is 12.5.